The van der Waals surface area contributed by atoms with Crippen LogP contribution in [0.2, 0.25) is 0 Å². The number of benzene rings is 2. The first kappa shape index (κ1) is 15.3. The summed E-state index contributed by atoms with van der Waals surface area (Å²) < 4.78 is 18.7. The van der Waals surface area contributed by atoms with Crippen molar-refractivity contribution in [3.63, 3.8) is 0 Å². The molecule has 0 aliphatic heterocycles. The molecule has 0 saturated carbocycles. The number of H-pyrrole nitrogens is 1. The van der Waals surface area contributed by atoms with E-state index in [4.69, 9.17) is 4.42 Å². The molecule has 0 aliphatic carbocycles. The van der Waals surface area contributed by atoms with Crippen molar-refractivity contribution >= 4 is 33.5 Å². The number of nitrogens with zero attached hydrogens (tertiary/aromatic N) is 1. The number of hydrogen-bond acceptors (Lipinski definition) is 5. The lowest BCUT2D eigenvalue weighted by atomic mass is 10.1. The molecule has 0 bridgehead atoms. The highest BCUT2D eigenvalue weighted by Crippen LogP contribution is 2.27. The number of hydrogen-bond donors (Lipinski definition) is 2. The number of aromatic amines is 1. The minimum atomic E-state index is -0.593. The maximum absolute atomic E-state index is 13.6. The molecule has 8 heteroatoms. The molecule has 0 saturated heterocycles. The van der Waals surface area contributed by atoms with Crippen molar-refractivity contribution in [3.05, 3.63) is 69.8 Å². The molecule has 0 spiro atoms. The van der Waals surface area contributed by atoms with Crippen LogP contribution in [0, 0.1) is 5.82 Å². The largest absolute Gasteiger partial charge is 0.417 e. The number of carbonyl (C=O) groups is 1. The normalized spacial score (nSPS) is 10.9. The van der Waals surface area contributed by atoms with E-state index in [1.165, 1.54) is 29.5 Å². The number of amides is 1. The Morgan fingerprint density at radius 1 is 1.24 bits per heavy atom. The average molecular weight is 355 g/mol. The van der Waals surface area contributed by atoms with Crippen LogP contribution >= 0.6 is 11.3 Å². The summed E-state index contributed by atoms with van der Waals surface area (Å²) in [5.41, 5.74) is 2.32. The van der Waals surface area contributed by atoms with Gasteiger partial charge in [0.25, 0.3) is 5.91 Å². The zero-order chi connectivity index (χ0) is 17.4. The quantitative estimate of drug-likeness (QED) is 0.587. The number of oxazole rings is 1. The zero-order valence-corrected chi connectivity index (χ0v) is 13.4. The van der Waals surface area contributed by atoms with E-state index in [2.05, 4.69) is 15.3 Å². The molecule has 0 unspecified atom stereocenters. The number of thiazole rings is 1. The Morgan fingerprint density at radius 2 is 2.08 bits per heavy atom. The second-order valence-electron chi connectivity index (χ2n) is 5.20. The SMILES string of the molecule is O=C(Nc1nc(-c2ccc3[nH]c(=O)oc3c2)cs1)c1ccccc1F. The number of fused-ring (bicyclic) bond motifs is 1. The highest BCUT2D eigenvalue weighted by atomic mass is 32.1. The van der Waals surface area contributed by atoms with E-state index < -0.39 is 17.5 Å². The van der Waals surface area contributed by atoms with Crippen LogP contribution in [0.25, 0.3) is 22.4 Å². The Labute approximate surface area is 144 Å². The molecule has 1 amide bonds. The molecular formula is C17H10FN3O3S. The van der Waals surface area contributed by atoms with Crippen LogP contribution in [0.4, 0.5) is 9.52 Å². The number of rotatable bonds is 3. The summed E-state index contributed by atoms with van der Waals surface area (Å²) in [5, 5.41) is 4.68. The molecule has 2 aromatic carbocycles. The van der Waals surface area contributed by atoms with Crippen molar-refractivity contribution in [1.29, 1.82) is 0 Å². The second kappa shape index (κ2) is 5.99. The predicted octanol–water partition coefficient (Wildman–Crippen LogP) is 3.64. The Balaban J connectivity index is 1.60. The van der Waals surface area contributed by atoms with Gasteiger partial charge in [0, 0.05) is 10.9 Å². The van der Waals surface area contributed by atoms with Gasteiger partial charge in [-0.05, 0) is 24.3 Å². The molecule has 6 nitrogen and oxygen atoms in total. The van der Waals surface area contributed by atoms with E-state index in [1.54, 1.807) is 29.6 Å². The molecule has 124 valence electrons. The highest BCUT2D eigenvalue weighted by molar-refractivity contribution is 7.14. The van der Waals surface area contributed by atoms with E-state index in [0.717, 1.165) is 5.56 Å². The third-order valence-electron chi connectivity index (χ3n) is 3.56. The van der Waals surface area contributed by atoms with Gasteiger partial charge in [-0.1, -0.05) is 18.2 Å². The van der Waals surface area contributed by atoms with E-state index in [9.17, 15) is 14.0 Å². The molecule has 0 radical (unpaired) electrons. The van der Waals surface area contributed by atoms with Crippen molar-refractivity contribution in [1.82, 2.24) is 9.97 Å². The van der Waals surface area contributed by atoms with Crippen molar-refractivity contribution < 1.29 is 13.6 Å². The van der Waals surface area contributed by atoms with Crippen LogP contribution in [0.3, 0.4) is 0 Å². The molecule has 2 aromatic heterocycles. The summed E-state index contributed by atoms with van der Waals surface area (Å²) >= 11 is 1.22. The monoisotopic (exact) mass is 355 g/mol. The zero-order valence-electron chi connectivity index (χ0n) is 12.6. The maximum atomic E-state index is 13.6. The van der Waals surface area contributed by atoms with Gasteiger partial charge >= 0.3 is 5.76 Å². The van der Waals surface area contributed by atoms with Gasteiger partial charge in [0.15, 0.2) is 10.7 Å². The molecular weight excluding hydrogens is 345 g/mol. The van der Waals surface area contributed by atoms with Crippen LogP contribution < -0.4 is 11.1 Å². The first-order valence-electron chi connectivity index (χ1n) is 7.25. The van der Waals surface area contributed by atoms with Gasteiger partial charge in [0.05, 0.1) is 16.8 Å². The number of nitrogens with one attached hydrogen (secondary N) is 2. The first-order valence-corrected chi connectivity index (χ1v) is 8.13. The standard InChI is InChI=1S/C17H10FN3O3S/c18-11-4-2-1-3-10(11)15(22)21-16-19-13(8-25-16)9-5-6-12-14(7-9)24-17(23)20-12/h1-8H,(H,20,23)(H,19,21,22). The minimum absolute atomic E-state index is 0.0465. The topological polar surface area (TPSA) is 88.0 Å². The molecule has 4 rings (SSSR count). The van der Waals surface area contributed by atoms with Crippen molar-refractivity contribution in [3.8, 4) is 11.3 Å². The van der Waals surface area contributed by atoms with Gasteiger partial charge in [0.1, 0.15) is 5.82 Å². The molecule has 0 atom stereocenters. The smallest absolute Gasteiger partial charge is 0.408 e. The van der Waals surface area contributed by atoms with Gasteiger partial charge in [0.2, 0.25) is 0 Å². The third kappa shape index (κ3) is 2.94. The Bertz CT molecular complexity index is 1150. The number of halogens is 1. The summed E-state index contributed by atoms with van der Waals surface area (Å²) in [6.07, 6.45) is 0. The Kier molecular flexibility index (Phi) is 3.66. The summed E-state index contributed by atoms with van der Waals surface area (Å²) in [4.78, 5) is 30.2. The van der Waals surface area contributed by atoms with Gasteiger partial charge in [-0.2, -0.15) is 0 Å². The lowest BCUT2D eigenvalue weighted by Gasteiger charge is -2.02. The summed E-state index contributed by atoms with van der Waals surface area (Å²) in [5.74, 6) is -1.68. The van der Waals surface area contributed by atoms with E-state index in [0.29, 0.717) is 21.9 Å². The van der Waals surface area contributed by atoms with Crippen LogP contribution in [0.1, 0.15) is 10.4 Å². The number of carbonyl (C=O) groups excluding carboxylic acids is 1. The fraction of sp³-hybridized carbons (Fsp3) is 0. The molecule has 0 aliphatic rings. The van der Waals surface area contributed by atoms with E-state index in [1.807, 2.05) is 0 Å². The number of aromatic nitrogens is 2. The van der Waals surface area contributed by atoms with Gasteiger partial charge < -0.3 is 4.42 Å². The molecule has 0 fully saturated rings. The Morgan fingerprint density at radius 3 is 2.92 bits per heavy atom. The lowest BCUT2D eigenvalue weighted by Crippen LogP contribution is -2.13. The van der Waals surface area contributed by atoms with E-state index in [-0.39, 0.29) is 5.56 Å². The second-order valence-corrected chi connectivity index (χ2v) is 6.06. The lowest BCUT2D eigenvalue weighted by molar-refractivity contribution is 0.102. The maximum Gasteiger partial charge on any atom is 0.417 e. The van der Waals surface area contributed by atoms with Crippen LogP contribution in [-0.4, -0.2) is 15.9 Å². The third-order valence-corrected chi connectivity index (χ3v) is 4.32. The minimum Gasteiger partial charge on any atom is -0.408 e. The van der Waals surface area contributed by atoms with Crippen LogP contribution in [0.15, 0.2) is 57.1 Å². The van der Waals surface area contributed by atoms with Crippen molar-refractivity contribution in [2.24, 2.45) is 0 Å². The van der Waals surface area contributed by atoms with E-state index >= 15 is 0 Å². The van der Waals surface area contributed by atoms with Crippen LogP contribution in [-0.2, 0) is 0 Å². The van der Waals surface area contributed by atoms with Gasteiger partial charge in [-0.25, -0.2) is 14.2 Å². The van der Waals surface area contributed by atoms with Gasteiger partial charge in [-0.3, -0.25) is 15.1 Å². The average Bonchev–Trinajstić information content (AvgIpc) is 3.19. The van der Waals surface area contributed by atoms with Crippen molar-refractivity contribution in [2.45, 2.75) is 0 Å². The summed E-state index contributed by atoms with van der Waals surface area (Å²) in [7, 11) is 0. The predicted molar refractivity (Wildman–Crippen MR) is 92.3 cm³/mol. The summed E-state index contributed by atoms with van der Waals surface area (Å²) in [6, 6.07) is 10.9. The van der Waals surface area contributed by atoms with Gasteiger partial charge in [-0.15, -0.1) is 11.3 Å². The molecule has 2 heterocycles. The summed E-state index contributed by atoms with van der Waals surface area (Å²) in [6.45, 7) is 0. The highest BCUT2D eigenvalue weighted by Gasteiger charge is 2.14. The Hall–Kier alpha value is -3.26. The number of anilines is 1. The van der Waals surface area contributed by atoms with Crippen LogP contribution in [0.5, 0.6) is 0 Å². The fourth-order valence-electron chi connectivity index (χ4n) is 2.38. The van der Waals surface area contributed by atoms with Crippen molar-refractivity contribution in [2.75, 3.05) is 5.32 Å². The molecule has 4 aromatic rings. The fourth-order valence-corrected chi connectivity index (χ4v) is 3.09. The first-order chi connectivity index (χ1) is 12.1. The molecule has 25 heavy (non-hydrogen) atoms. The molecule has 2 N–H and O–H groups in total.